The molecule has 0 fully saturated rings. The number of aromatic hydroxyl groups is 1. The smallest absolute Gasteiger partial charge is 0.307 e. The van der Waals surface area contributed by atoms with E-state index in [-0.39, 0.29) is 12.2 Å². The van der Waals surface area contributed by atoms with Crippen LogP contribution in [0.2, 0.25) is 0 Å². The van der Waals surface area contributed by atoms with Gasteiger partial charge in [0.25, 0.3) is 0 Å². The molecule has 0 bridgehead atoms. The molecule has 0 aromatic heterocycles. The Balaban J connectivity index is 3.13. The van der Waals surface area contributed by atoms with Gasteiger partial charge in [-0.1, -0.05) is 0 Å². The number of rotatable bonds is 3. The van der Waals surface area contributed by atoms with Crippen molar-refractivity contribution in [2.45, 2.75) is 13.3 Å². The summed E-state index contributed by atoms with van der Waals surface area (Å²) in [7, 11) is 1.50. The summed E-state index contributed by atoms with van der Waals surface area (Å²) < 4.78 is 4.97. The van der Waals surface area contributed by atoms with Gasteiger partial charge in [0, 0.05) is 5.56 Å². The Morgan fingerprint density at radius 1 is 1.50 bits per heavy atom. The molecule has 1 aromatic rings. The normalized spacial score (nSPS) is 9.86. The Bertz CT molecular complexity index is 357. The molecule has 0 radical (unpaired) electrons. The van der Waals surface area contributed by atoms with E-state index < -0.39 is 5.97 Å². The van der Waals surface area contributed by atoms with Crippen LogP contribution < -0.4 is 4.74 Å². The fraction of sp³-hybridized carbons (Fsp3) is 0.300. The predicted molar refractivity (Wildman–Crippen MR) is 50.7 cm³/mol. The van der Waals surface area contributed by atoms with Crippen LogP contribution in [0, 0.1) is 6.92 Å². The number of carbonyl (C=O) groups is 1. The third-order valence-corrected chi connectivity index (χ3v) is 1.93. The van der Waals surface area contributed by atoms with Gasteiger partial charge in [-0.15, -0.1) is 0 Å². The van der Waals surface area contributed by atoms with Gasteiger partial charge < -0.3 is 14.9 Å². The van der Waals surface area contributed by atoms with E-state index in [1.165, 1.54) is 13.2 Å². The minimum Gasteiger partial charge on any atom is -0.507 e. The maximum absolute atomic E-state index is 10.5. The highest BCUT2D eigenvalue weighted by Crippen LogP contribution is 2.27. The van der Waals surface area contributed by atoms with Crippen molar-refractivity contribution in [3.63, 3.8) is 0 Å². The molecule has 2 N–H and O–H groups in total. The van der Waals surface area contributed by atoms with Gasteiger partial charge in [-0.25, -0.2) is 0 Å². The Hall–Kier alpha value is -1.71. The van der Waals surface area contributed by atoms with Crippen LogP contribution in [0.4, 0.5) is 0 Å². The first-order valence-electron chi connectivity index (χ1n) is 4.13. The van der Waals surface area contributed by atoms with Crippen molar-refractivity contribution in [3.8, 4) is 11.5 Å². The van der Waals surface area contributed by atoms with Crippen molar-refractivity contribution in [1.82, 2.24) is 0 Å². The molecular weight excluding hydrogens is 184 g/mol. The number of ether oxygens (including phenoxy) is 1. The number of hydrogen-bond donors (Lipinski definition) is 2. The summed E-state index contributed by atoms with van der Waals surface area (Å²) in [6.07, 6.45) is -0.204. The highest BCUT2D eigenvalue weighted by atomic mass is 16.5. The second-order valence-corrected chi connectivity index (χ2v) is 3.02. The number of carboxylic acids is 1. The molecule has 14 heavy (non-hydrogen) atoms. The molecule has 4 nitrogen and oxygen atoms in total. The van der Waals surface area contributed by atoms with Crippen LogP contribution in [0.15, 0.2) is 12.1 Å². The standard InChI is InChI=1S/C10H12O4/c1-6-3-8(14-2)4-7(10(6)13)5-9(11)12/h3-4,13H,5H2,1-2H3,(H,11,12). The van der Waals surface area contributed by atoms with E-state index in [0.29, 0.717) is 16.9 Å². The Kier molecular flexibility index (Phi) is 2.96. The average molecular weight is 196 g/mol. The lowest BCUT2D eigenvalue weighted by atomic mass is 10.1. The largest absolute Gasteiger partial charge is 0.507 e. The van der Waals surface area contributed by atoms with Gasteiger partial charge in [-0.2, -0.15) is 0 Å². The summed E-state index contributed by atoms with van der Waals surface area (Å²) in [5.41, 5.74) is 0.981. The maximum Gasteiger partial charge on any atom is 0.307 e. The second-order valence-electron chi connectivity index (χ2n) is 3.02. The molecule has 0 unspecified atom stereocenters. The number of hydrogen-bond acceptors (Lipinski definition) is 3. The van der Waals surface area contributed by atoms with Crippen molar-refractivity contribution in [3.05, 3.63) is 23.3 Å². The molecule has 76 valence electrons. The van der Waals surface area contributed by atoms with Gasteiger partial charge in [-0.05, 0) is 24.6 Å². The van der Waals surface area contributed by atoms with E-state index in [9.17, 15) is 9.90 Å². The number of phenolic OH excluding ortho intramolecular Hbond substituents is 1. The third kappa shape index (κ3) is 2.16. The first kappa shape index (κ1) is 10.4. The highest BCUT2D eigenvalue weighted by molar-refractivity contribution is 5.72. The molecule has 1 rings (SSSR count). The van der Waals surface area contributed by atoms with Crippen LogP contribution >= 0.6 is 0 Å². The molecule has 0 saturated carbocycles. The van der Waals surface area contributed by atoms with Crippen molar-refractivity contribution < 1.29 is 19.7 Å². The Labute approximate surface area is 81.8 Å². The van der Waals surface area contributed by atoms with E-state index >= 15 is 0 Å². The second kappa shape index (κ2) is 4.00. The number of carboxylic acid groups (broad SMARTS) is 1. The van der Waals surface area contributed by atoms with Crippen LogP contribution in [0.5, 0.6) is 11.5 Å². The summed E-state index contributed by atoms with van der Waals surface area (Å²) >= 11 is 0. The molecule has 0 aliphatic heterocycles. The molecule has 0 heterocycles. The fourth-order valence-electron chi connectivity index (χ4n) is 1.23. The van der Waals surface area contributed by atoms with E-state index in [1.807, 2.05) is 0 Å². The van der Waals surface area contributed by atoms with Crippen LogP contribution in [0.1, 0.15) is 11.1 Å². The number of aliphatic carboxylic acids is 1. The monoisotopic (exact) mass is 196 g/mol. The van der Waals surface area contributed by atoms with Crippen LogP contribution in [0.25, 0.3) is 0 Å². The Morgan fingerprint density at radius 3 is 2.64 bits per heavy atom. The first-order valence-corrected chi connectivity index (χ1v) is 4.13. The molecule has 0 atom stereocenters. The molecule has 0 aliphatic rings. The lowest BCUT2D eigenvalue weighted by molar-refractivity contribution is -0.136. The van der Waals surface area contributed by atoms with Crippen LogP contribution in [-0.4, -0.2) is 23.3 Å². The van der Waals surface area contributed by atoms with Crippen molar-refractivity contribution in [1.29, 1.82) is 0 Å². The van der Waals surface area contributed by atoms with Gasteiger partial charge in [0.05, 0.1) is 13.5 Å². The van der Waals surface area contributed by atoms with Gasteiger partial charge in [0.1, 0.15) is 11.5 Å². The maximum atomic E-state index is 10.5. The summed E-state index contributed by atoms with van der Waals surface area (Å²) in [6.45, 7) is 1.70. The molecule has 0 aliphatic carbocycles. The van der Waals surface area contributed by atoms with Gasteiger partial charge in [0.15, 0.2) is 0 Å². The summed E-state index contributed by atoms with van der Waals surface area (Å²) in [5, 5.41) is 18.1. The number of phenols is 1. The molecule has 1 aromatic carbocycles. The molecule has 4 heteroatoms. The first-order chi connectivity index (χ1) is 6.54. The van der Waals surface area contributed by atoms with Crippen LogP contribution in [-0.2, 0) is 11.2 Å². The molecule has 0 spiro atoms. The van der Waals surface area contributed by atoms with E-state index in [4.69, 9.17) is 9.84 Å². The number of methoxy groups -OCH3 is 1. The van der Waals surface area contributed by atoms with Gasteiger partial charge in [0.2, 0.25) is 0 Å². The molecular formula is C10H12O4. The SMILES string of the molecule is COc1cc(C)c(O)c(CC(=O)O)c1. The fourth-order valence-corrected chi connectivity index (χ4v) is 1.23. The van der Waals surface area contributed by atoms with E-state index in [2.05, 4.69) is 0 Å². The number of aryl methyl sites for hydroxylation is 1. The van der Waals surface area contributed by atoms with E-state index in [1.54, 1.807) is 13.0 Å². The van der Waals surface area contributed by atoms with Gasteiger partial charge >= 0.3 is 5.97 Å². The van der Waals surface area contributed by atoms with Crippen molar-refractivity contribution in [2.24, 2.45) is 0 Å². The molecule has 0 amide bonds. The summed E-state index contributed by atoms with van der Waals surface area (Å²) in [5.74, 6) is -0.405. The lowest BCUT2D eigenvalue weighted by Gasteiger charge is -2.08. The summed E-state index contributed by atoms with van der Waals surface area (Å²) in [6, 6.07) is 3.18. The number of benzene rings is 1. The van der Waals surface area contributed by atoms with Gasteiger partial charge in [-0.3, -0.25) is 4.79 Å². The quantitative estimate of drug-likeness (QED) is 0.765. The van der Waals surface area contributed by atoms with Crippen molar-refractivity contribution in [2.75, 3.05) is 7.11 Å². The average Bonchev–Trinajstić information content (AvgIpc) is 2.11. The lowest BCUT2D eigenvalue weighted by Crippen LogP contribution is -2.01. The minimum absolute atomic E-state index is 0.0215. The zero-order chi connectivity index (χ0) is 10.7. The van der Waals surface area contributed by atoms with Crippen LogP contribution in [0.3, 0.4) is 0 Å². The third-order valence-electron chi connectivity index (χ3n) is 1.93. The van der Waals surface area contributed by atoms with E-state index in [0.717, 1.165) is 0 Å². The highest BCUT2D eigenvalue weighted by Gasteiger charge is 2.10. The topological polar surface area (TPSA) is 66.8 Å². The predicted octanol–water partition coefficient (Wildman–Crippen LogP) is 1.34. The minimum atomic E-state index is -0.979. The zero-order valence-electron chi connectivity index (χ0n) is 8.07. The summed E-state index contributed by atoms with van der Waals surface area (Å²) in [4.78, 5) is 10.5. The zero-order valence-corrected chi connectivity index (χ0v) is 8.07. The molecule has 0 saturated heterocycles. The Morgan fingerprint density at radius 2 is 2.14 bits per heavy atom. The van der Waals surface area contributed by atoms with Crippen molar-refractivity contribution >= 4 is 5.97 Å².